The van der Waals surface area contributed by atoms with Gasteiger partial charge < -0.3 is 7.43 Å². The van der Waals surface area contributed by atoms with Gasteiger partial charge in [0.25, 0.3) is 0 Å². The topological polar surface area (TPSA) is 0 Å². The molecular formula is CH5CeCl2-. The summed E-state index contributed by atoms with van der Waals surface area (Å²) < 4.78 is 0. The molecule has 0 fully saturated rings. The van der Waals surface area contributed by atoms with Crippen LogP contribution in [0.2, 0.25) is 0 Å². The van der Waals surface area contributed by atoms with Crippen molar-refractivity contribution in [3.8, 4) is 0 Å². The number of halogens is 2. The van der Waals surface area contributed by atoms with E-state index in [1.165, 1.54) is 0 Å². The minimum Gasteiger partial charge on any atom is -0.358 e. The van der Waals surface area contributed by atoms with Crippen LogP contribution >= 0.6 is 24.8 Å². The van der Waals surface area contributed by atoms with Crippen molar-refractivity contribution in [1.29, 1.82) is 0 Å². The maximum absolute atomic E-state index is 0. The number of hydrogen-bond acceptors (Lipinski definition) is 0. The molecule has 0 N–H and O–H groups in total. The maximum atomic E-state index is 0. The van der Waals surface area contributed by atoms with Crippen molar-refractivity contribution in [2.75, 3.05) is 0 Å². The Morgan fingerprint density at radius 1 is 0.750 bits per heavy atom. The fourth-order valence-corrected chi connectivity index (χ4v) is 0. The Balaban J connectivity index is 0. The van der Waals surface area contributed by atoms with Crippen molar-refractivity contribution < 1.29 is 41.7 Å². The molecular weight excluding hydrogens is 223 g/mol. The van der Waals surface area contributed by atoms with Gasteiger partial charge in [0.1, 0.15) is 0 Å². The molecule has 0 aromatic heterocycles. The quantitative estimate of drug-likeness (QED) is 0.548. The van der Waals surface area contributed by atoms with Crippen LogP contribution in [0, 0.1) is 49.2 Å². The Bertz CT molecular complexity index is 6.00. The Morgan fingerprint density at radius 2 is 0.750 bits per heavy atom. The van der Waals surface area contributed by atoms with Crippen LogP contribution in [0.5, 0.6) is 0 Å². The second-order valence-corrected chi connectivity index (χ2v) is 0. The molecule has 0 aliphatic heterocycles. The fraction of sp³-hybridized carbons (Fsp3) is 0. The number of hydrogen-bond donors (Lipinski definition) is 0. The van der Waals surface area contributed by atoms with Gasteiger partial charge in [0.2, 0.25) is 0 Å². The van der Waals surface area contributed by atoms with E-state index in [4.69, 9.17) is 0 Å². The van der Waals surface area contributed by atoms with E-state index in [9.17, 15) is 0 Å². The molecule has 0 aromatic rings. The van der Waals surface area contributed by atoms with E-state index in [1.54, 1.807) is 0 Å². The third kappa shape index (κ3) is 9.03. The Labute approximate surface area is 72.9 Å². The SMILES string of the molecule is Cl.Cl.[CH3-].[Ce]. The van der Waals surface area contributed by atoms with Crippen LogP contribution in [0.1, 0.15) is 0 Å². The molecule has 0 atom stereocenters. The van der Waals surface area contributed by atoms with Gasteiger partial charge in [-0.3, -0.25) is 0 Å². The summed E-state index contributed by atoms with van der Waals surface area (Å²) in [6.07, 6.45) is 0. The van der Waals surface area contributed by atoms with Gasteiger partial charge in [-0.05, 0) is 0 Å². The summed E-state index contributed by atoms with van der Waals surface area (Å²) in [7, 11) is 0. The van der Waals surface area contributed by atoms with Crippen LogP contribution in [0.4, 0.5) is 0 Å². The smallest absolute Gasteiger partial charge is 0 e. The van der Waals surface area contributed by atoms with E-state index in [-0.39, 0.29) is 74.0 Å². The molecule has 4 heavy (non-hydrogen) atoms. The third-order valence-corrected chi connectivity index (χ3v) is 0. The molecule has 0 aromatic carbocycles. The van der Waals surface area contributed by atoms with Crippen molar-refractivity contribution >= 4 is 24.8 Å². The first-order valence-corrected chi connectivity index (χ1v) is 0. The van der Waals surface area contributed by atoms with Crippen molar-refractivity contribution in [3.05, 3.63) is 7.43 Å². The zero-order valence-electron chi connectivity index (χ0n) is 2.32. The zero-order chi connectivity index (χ0) is 0. The van der Waals surface area contributed by atoms with Gasteiger partial charge in [0.15, 0.2) is 0 Å². The van der Waals surface area contributed by atoms with Crippen LogP contribution in [-0.2, 0) is 0 Å². The molecule has 0 unspecified atom stereocenters. The van der Waals surface area contributed by atoms with Crippen molar-refractivity contribution in [1.82, 2.24) is 0 Å². The molecule has 0 radical (unpaired) electrons. The summed E-state index contributed by atoms with van der Waals surface area (Å²) in [5.74, 6) is 0. The summed E-state index contributed by atoms with van der Waals surface area (Å²) in [4.78, 5) is 0. The molecule has 0 amide bonds. The summed E-state index contributed by atoms with van der Waals surface area (Å²) in [6.45, 7) is 0. The van der Waals surface area contributed by atoms with E-state index in [2.05, 4.69) is 0 Å². The van der Waals surface area contributed by atoms with Crippen molar-refractivity contribution in [3.63, 3.8) is 0 Å². The van der Waals surface area contributed by atoms with Crippen molar-refractivity contribution in [2.45, 2.75) is 0 Å². The first kappa shape index (κ1) is 38.2. The summed E-state index contributed by atoms with van der Waals surface area (Å²) >= 11 is 0. The Kier molecular flexibility index (Phi) is 194. The van der Waals surface area contributed by atoms with Crippen LogP contribution in [0.3, 0.4) is 0 Å². The predicted molar refractivity (Wildman–Crippen MR) is 20.9 cm³/mol. The van der Waals surface area contributed by atoms with E-state index in [1.807, 2.05) is 0 Å². The van der Waals surface area contributed by atoms with Crippen LogP contribution < -0.4 is 0 Å². The molecule has 0 heterocycles. The second kappa shape index (κ2) is 20.3. The van der Waals surface area contributed by atoms with E-state index < -0.39 is 0 Å². The third-order valence-electron chi connectivity index (χ3n) is 0. The molecule has 0 aliphatic carbocycles. The molecule has 0 saturated carbocycles. The average Bonchev–Trinajstić information content (AvgIpc) is 0. The van der Waals surface area contributed by atoms with Crippen LogP contribution in [0.15, 0.2) is 0 Å². The van der Waals surface area contributed by atoms with E-state index in [0.717, 1.165) is 0 Å². The molecule has 0 aliphatic rings. The van der Waals surface area contributed by atoms with Crippen LogP contribution in [0.25, 0.3) is 0 Å². The minimum absolute atomic E-state index is 0. The van der Waals surface area contributed by atoms with Gasteiger partial charge in [-0.1, -0.05) is 0 Å². The van der Waals surface area contributed by atoms with Gasteiger partial charge in [-0.15, -0.1) is 24.8 Å². The van der Waals surface area contributed by atoms with Gasteiger partial charge in [-0.25, -0.2) is 0 Å². The Hall–Kier alpha value is 1.96. The van der Waals surface area contributed by atoms with Crippen molar-refractivity contribution in [2.24, 2.45) is 0 Å². The Morgan fingerprint density at radius 3 is 0.750 bits per heavy atom. The first-order valence-electron chi connectivity index (χ1n) is 0. The minimum atomic E-state index is 0. The zero-order valence-corrected chi connectivity index (χ0v) is 7.09. The standard InChI is InChI=1S/CH3.Ce.2ClH/h1H3;;2*1H/q-1;;;. The second-order valence-electron chi connectivity index (χ2n) is 0. The summed E-state index contributed by atoms with van der Waals surface area (Å²) in [5, 5.41) is 0. The monoisotopic (exact) mass is 227 g/mol. The van der Waals surface area contributed by atoms with Gasteiger partial charge >= 0.3 is 0 Å². The molecule has 0 nitrogen and oxygen atoms in total. The largest absolute Gasteiger partial charge is 0.358 e. The first-order chi connectivity index (χ1) is 0. The molecule has 0 spiro atoms. The number of rotatable bonds is 0. The normalized spacial score (nSPS) is 0. The van der Waals surface area contributed by atoms with Gasteiger partial charge in [0.05, 0.1) is 0 Å². The average molecular weight is 228 g/mol. The molecule has 0 rings (SSSR count). The summed E-state index contributed by atoms with van der Waals surface area (Å²) in [5.41, 5.74) is 0. The van der Waals surface area contributed by atoms with E-state index in [0.29, 0.717) is 0 Å². The molecule has 28 valence electrons. The molecule has 0 saturated heterocycles. The maximum Gasteiger partial charge on any atom is 0 e. The van der Waals surface area contributed by atoms with E-state index >= 15 is 0 Å². The summed E-state index contributed by atoms with van der Waals surface area (Å²) in [6, 6.07) is 0. The van der Waals surface area contributed by atoms with Gasteiger partial charge in [0, 0.05) is 41.7 Å². The fourth-order valence-electron chi connectivity index (χ4n) is 0. The molecule has 0 bridgehead atoms. The predicted octanol–water partition coefficient (Wildman–Crippen LogP) is 1.29. The van der Waals surface area contributed by atoms with Gasteiger partial charge in [-0.2, -0.15) is 0 Å². The van der Waals surface area contributed by atoms with Crippen LogP contribution in [-0.4, -0.2) is 0 Å². The molecule has 3 heteroatoms.